The summed E-state index contributed by atoms with van der Waals surface area (Å²) in [6.07, 6.45) is 1.12. The Kier molecular flexibility index (Phi) is 8.69. The van der Waals surface area contributed by atoms with Crippen molar-refractivity contribution in [1.82, 2.24) is 14.7 Å². The number of methoxy groups -OCH3 is 2. The number of rotatable bonds is 9. The zero-order valence-electron chi connectivity index (χ0n) is 25.7. The summed E-state index contributed by atoms with van der Waals surface area (Å²) in [6.45, 7) is 0.914. The van der Waals surface area contributed by atoms with Crippen LogP contribution in [-0.2, 0) is 31.7 Å². The van der Waals surface area contributed by atoms with E-state index in [-0.39, 0.29) is 16.5 Å². The maximum Gasteiger partial charge on any atom is 0.271 e. The Morgan fingerprint density at radius 2 is 1.68 bits per heavy atom. The molecule has 0 bridgehead atoms. The predicted molar refractivity (Wildman–Crippen MR) is 169 cm³/mol. The maximum absolute atomic E-state index is 15.3. The number of likely N-dealkylation sites (N-methyl/N-ethyl adjacent to an activating group) is 1. The molecule has 44 heavy (non-hydrogen) atoms. The predicted octanol–water partition coefficient (Wildman–Crippen LogP) is 3.95. The second-order valence-corrected chi connectivity index (χ2v) is 13.7. The number of ether oxygens (including phenoxy) is 2. The quantitative estimate of drug-likeness (QED) is 0.347. The normalized spacial score (nSPS) is 20.2. The van der Waals surface area contributed by atoms with Crippen LogP contribution in [0.3, 0.4) is 0 Å². The monoisotopic (exact) mass is 640 g/mol. The van der Waals surface area contributed by atoms with Crippen molar-refractivity contribution in [2.24, 2.45) is 0 Å². The van der Waals surface area contributed by atoms with Crippen molar-refractivity contribution >= 4 is 39.1 Å². The van der Waals surface area contributed by atoms with Crippen LogP contribution in [0.5, 0.6) is 11.5 Å². The van der Waals surface area contributed by atoms with Crippen LogP contribution in [0, 0.1) is 0 Å². The molecule has 2 aliphatic rings. The van der Waals surface area contributed by atoms with Crippen LogP contribution in [-0.4, -0.2) is 89.9 Å². The molecule has 0 N–H and O–H groups in total. The highest BCUT2D eigenvalue weighted by atomic mass is 35.5. The summed E-state index contributed by atoms with van der Waals surface area (Å²) in [5.74, 6) is -0.0522. The number of carbonyl (C=O) groups is 2. The summed E-state index contributed by atoms with van der Waals surface area (Å²) in [5.41, 5.74) is 0.107. The van der Waals surface area contributed by atoms with Crippen molar-refractivity contribution in [3.8, 4) is 11.5 Å². The van der Waals surface area contributed by atoms with Crippen LogP contribution in [0.15, 0.2) is 65.6 Å². The molecule has 0 spiro atoms. The van der Waals surface area contributed by atoms with Crippen LogP contribution in [0.1, 0.15) is 29.5 Å². The first kappa shape index (κ1) is 31.8. The number of fused-ring (bicyclic) bond motifs is 1. The van der Waals surface area contributed by atoms with E-state index in [9.17, 15) is 13.2 Å². The first-order valence-corrected chi connectivity index (χ1v) is 16.0. The molecular formula is C32H37ClN4O6S. The van der Waals surface area contributed by atoms with Crippen molar-refractivity contribution in [3.63, 3.8) is 0 Å². The molecule has 1 saturated heterocycles. The molecule has 0 radical (unpaired) electrons. The highest BCUT2D eigenvalue weighted by Crippen LogP contribution is 2.55. The first-order chi connectivity index (χ1) is 20.9. The number of benzene rings is 3. The standard InChI is InChI=1S/C32H37ClN4O6S/c1-34(2)20-21-9-16-29(43-6)26(18-21)32(36-17-7-8-28(36)30(38)35(3)4)25-19-22(33)10-15-27(25)37(31(32)39)44(40,41)24-13-11-23(42-5)12-14-24/h9-16,18-19,28H,7-8,17,20H2,1-6H3/t28?,32-/m0/s1. The molecule has 3 aromatic rings. The first-order valence-electron chi connectivity index (χ1n) is 14.2. The van der Waals surface area contributed by atoms with E-state index in [1.807, 2.05) is 36.0 Å². The maximum atomic E-state index is 15.3. The van der Waals surface area contributed by atoms with Crippen molar-refractivity contribution in [3.05, 3.63) is 82.4 Å². The molecule has 0 aromatic heterocycles. The largest absolute Gasteiger partial charge is 0.497 e. The lowest BCUT2D eigenvalue weighted by Gasteiger charge is -2.42. The van der Waals surface area contributed by atoms with Gasteiger partial charge < -0.3 is 19.3 Å². The molecule has 3 aromatic carbocycles. The van der Waals surface area contributed by atoms with Crippen molar-refractivity contribution < 1.29 is 27.5 Å². The number of hydrogen-bond acceptors (Lipinski definition) is 8. The Morgan fingerprint density at radius 1 is 0.977 bits per heavy atom. The molecule has 1 unspecified atom stereocenters. The van der Waals surface area contributed by atoms with Crippen LogP contribution in [0.2, 0.25) is 5.02 Å². The molecule has 0 aliphatic carbocycles. The Balaban J connectivity index is 1.86. The summed E-state index contributed by atoms with van der Waals surface area (Å²) in [6, 6.07) is 15.5. The number of hydrogen-bond donors (Lipinski definition) is 0. The summed E-state index contributed by atoms with van der Waals surface area (Å²) in [4.78, 5) is 34.2. The average Bonchev–Trinajstić information content (AvgIpc) is 3.57. The van der Waals surface area contributed by atoms with Gasteiger partial charge >= 0.3 is 0 Å². The number of carbonyl (C=O) groups excluding carboxylic acids is 2. The Labute approximate surface area is 263 Å². The molecule has 234 valence electrons. The highest BCUT2D eigenvalue weighted by Gasteiger charge is 2.63. The lowest BCUT2D eigenvalue weighted by Crippen LogP contribution is -2.59. The van der Waals surface area contributed by atoms with Gasteiger partial charge in [0.2, 0.25) is 5.91 Å². The van der Waals surface area contributed by atoms with Gasteiger partial charge in [0.05, 0.1) is 30.8 Å². The van der Waals surface area contributed by atoms with E-state index in [1.165, 1.54) is 43.4 Å². The molecule has 0 saturated carbocycles. The van der Waals surface area contributed by atoms with Crippen molar-refractivity contribution in [1.29, 1.82) is 0 Å². The minimum absolute atomic E-state index is 0.0842. The highest BCUT2D eigenvalue weighted by molar-refractivity contribution is 7.93. The Bertz CT molecular complexity index is 1700. The number of halogens is 1. The third kappa shape index (κ3) is 5.11. The molecule has 2 heterocycles. The van der Waals surface area contributed by atoms with E-state index < -0.39 is 27.5 Å². The van der Waals surface area contributed by atoms with E-state index in [2.05, 4.69) is 0 Å². The zero-order valence-corrected chi connectivity index (χ0v) is 27.3. The minimum Gasteiger partial charge on any atom is -0.497 e. The van der Waals surface area contributed by atoms with E-state index in [4.69, 9.17) is 21.1 Å². The average molecular weight is 641 g/mol. The number of likely N-dealkylation sites (tertiary alicyclic amines) is 1. The molecule has 10 nitrogen and oxygen atoms in total. The van der Waals surface area contributed by atoms with Gasteiger partial charge in [0.15, 0.2) is 5.54 Å². The zero-order chi connectivity index (χ0) is 32.0. The van der Waals surface area contributed by atoms with E-state index >= 15 is 4.79 Å². The molecule has 12 heteroatoms. The van der Waals surface area contributed by atoms with Gasteiger partial charge in [0.25, 0.3) is 15.9 Å². The molecule has 1 fully saturated rings. The molecule has 2 atom stereocenters. The SMILES string of the molecule is COc1ccc(S(=O)(=O)N2C(=O)[C@](c3cc(CN(C)C)ccc3OC)(N3CCCC3C(=O)N(C)C)c3cc(Cl)ccc32)cc1. The topological polar surface area (TPSA) is 99.7 Å². The van der Waals surface area contributed by atoms with E-state index in [0.29, 0.717) is 53.6 Å². The van der Waals surface area contributed by atoms with Crippen LogP contribution in [0.4, 0.5) is 5.69 Å². The van der Waals surface area contributed by atoms with E-state index in [0.717, 1.165) is 9.87 Å². The van der Waals surface area contributed by atoms with Gasteiger partial charge in [-0.1, -0.05) is 17.7 Å². The van der Waals surface area contributed by atoms with Gasteiger partial charge in [0, 0.05) is 43.3 Å². The lowest BCUT2D eigenvalue weighted by atomic mass is 9.80. The fourth-order valence-corrected chi connectivity index (χ4v) is 7.99. The van der Waals surface area contributed by atoms with Gasteiger partial charge in [-0.05, 0) is 87.1 Å². The number of amides is 2. The van der Waals surface area contributed by atoms with Gasteiger partial charge in [0.1, 0.15) is 11.5 Å². The van der Waals surface area contributed by atoms with Gasteiger partial charge in [-0.3, -0.25) is 14.5 Å². The van der Waals surface area contributed by atoms with Crippen LogP contribution in [0.25, 0.3) is 0 Å². The van der Waals surface area contributed by atoms with Crippen LogP contribution < -0.4 is 13.8 Å². The summed E-state index contributed by atoms with van der Waals surface area (Å²) < 4.78 is 40.8. The summed E-state index contributed by atoms with van der Waals surface area (Å²) in [7, 11) is 5.77. The smallest absolute Gasteiger partial charge is 0.271 e. The van der Waals surface area contributed by atoms with Gasteiger partial charge in [-0.2, -0.15) is 0 Å². The van der Waals surface area contributed by atoms with Crippen LogP contribution >= 0.6 is 11.6 Å². The lowest BCUT2D eigenvalue weighted by molar-refractivity contribution is -0.138. The van der Waals surface area contributed by atoms with Gasteiger partial charge in [-0.25, -0.2) is 12.7 Å². The van der Waals surface area contributed by atoms with E-state index in [1.54, 1.807) is 38.4 Å². The third-order valence-electron chi connectivity index (χ3n) is 8.22. The summed E-state index contributed by atoms with van der Waals surface area (Å²) in [5, 5.41) is 0.322. The number of sulfonamides is 1. The molecule has 2 aliphatic heterocycles. The molecule has 2 amide bonds. The van der Waals surface area contributed by atoms with Crippen molar-refractivity contribution in [2.45, 2.75) is 35.9 Å². The number of anilines is 1. The fourth-order valence-electron chi connectivity index (χ4n) is 6.36. The summed E-state index contributed by atoms with van der Waals surface area (Å²) >= 11 is 6.60. The molecule has 5 rings (SSSR count). The number of nitrogens with zero attached hydrogens (tertiary/aromatic N) is 4. The van der Waals surface area contributed by atoms with Gasteiger partial charge in [-0.15, -0.1) is 0 Å². The fraction of sp³-hybridized carbons (Fsp3) is 0.375. The van der Waals surface area contributed by atoms with Crippen molar-refractivity contribution in [2.75, 3.05) is 53.3 Å². The Morgan fingerprint density at radius 3 is 2.30 bits per heavy atom. The minimum atomic E-state index is -4.44. The Hall–Kier alpha value is -3.64. The second-order valence-electron chi connectivity index (χ2n) is 11.5. The second kappa shape index (κ2) is 12.0. The molecular weight excluding hydrogens is 604 g/mol. The third-order valence-corrected chi connectivity index (χ3v) is 10.2.